The fourth-order valence-corrected chi connectivity index (χ4v) is 2.26. The van der Waals surface area contributed by atoms with E-state index in [0.717, 1.165) is 12.8 Å². The van der Waals surface area contributed by atoms with Crippen molar-refractivity contribution in [3.63, 3.8) is 0 Å². The third-order valence-electron chi connectivity index (χ3n) is 3.17. The largest absolute Gasteiger partial charge is 0.388 e. The van der Waals surface area contributed by atoms with Crippen molar-refractivity contribution in [2.75, 3.05) is 11.9 Å². The molecule has 17 heavy (non-hydrogen) atoms. The van der Waals surface area contributed by atoms with Crippen molar-refractivity contribution in [2.24, 2.45) is 13.0 Å². The van der Waals surface area contributed by atoms with Crippen LogP contribution in [-0.2, 0) is 7.05 Å². The summed E-state index contributed by atoms with van der Waals surface area (Å²) in [6.07, 6.45) is 3.73. The summed E-state index contributed by atoms with van der Waals surface area (Å²) in [7, 11) is 1.59. The Morgan fingerprint density at radius 2 is 2.35 bits per heavy atom. The van der Waals surface area contributed by atoms with Crippen molar-refractivity contribution in [1.82, 2.24) is 9.78 Å². The predicted molar refractivity (Wildman–Crippen MR) is 69.0 cm³/mol. The highest BCUT2D eigenvalue weighted by molar-refractivity contribution is 9.10. The van der Waals surface area contributed by atoms with Crippen LogP contribution in [-0.4, -0.2) is 27.0 Å². The van der Waals surface area contributed by atoms with Crippen LogP contribution in [0.25, 0.3) is 0 Å². The zero-order valence-corrected chi connectivity index (χ0v) is 11.5. The third-order valence-corrected chi connectivity index (χ3v) is 3.94. The fraction of sp³-hybridized carbons (Fsp3) is 0.636. The molecule has 1 aromatic heterocycles. The van der Waals surface area contributed by atoms with Gasteiger partial charge in [-0.25, -0.2) is 4.68 Å². The second-order valence-corrected chi connectivity index (χ2v) is 5.58. The second-order valence-electron chi connectivity index (χ2n) is 4.79. The lowest BCUT2D eigenvalue weighted by Crippen LogP contribution is -2.36. The van der Waals surface area contributed by atoms with Crippen LogP contribution in [0.1, 0.15) is 19.8 Å². The summed E-state index contributed by atoms with van der Waals surface area (Å²) in [6.45, 7) is 2.24. The van der Waals surface area contributed by atoms with Gasteiger partial charge in [-0.05, 0) is 41.6 Å². The molecule has 1 aliphatic rings. The average Bonchev–Trinajstić information content (AvgIpc) is 3.09. The van der Waals surface area contributed by atoms with Gasteiger partial charge in [0.05, 0.1) is 17.5 Å². The van der Waals surface area contributed by atoms with Crippen LogP contribution in [0.3, 0.4) is 0 Å². The van der Waals surface area contributed by atoms with E-state index in [-0.39, 0.29) is 5.56 Å². The number of rotatable bonds is 4. The van der Waals surface area contributed by atoms with E-state index in [2.05, 4.69) is 26.3 Å². The summed E-state index contributed by atoms with van der Waals surface area (Å²) in [4.78, 5) is 11.6. The summed E-state index contributed by atoms with van der Waals surface area (Å²) in [6, 6.07) is 0. The molecule has 1 aromatic rings. The molecule has 0 aliphatic heterocycles. The van der Waals surface area contributed by atoms with Gasteiger partial charge >= 0.3 is 0 Å². The van der Waals surface area contributed by atoms with Crippen LogP contribution < -0.4 is 10.9 Å². The molecule has 1 atom stereocenters. The molecule has 1 saturated carbocycles. The number of aryl methyl sites for hydroxylation is 1. The van der Waals surface area contributed by atoms with Gasteiger partial charge in [-0.1, -0.05) is 0 Å². The van der Waals surface area contributed by atoms with Gasteiger partial charge in [-0.3, -0.25) is 4.79 Å². The summed E-state index contributed by atoms with van der Waals surface area (Å²) >= 11 is 3.23. The van der Waals surface area contributed by atoms with Crippen LogP contribution in [0, 0.1) is 5.92 Å². The Hall–Kier alpha value is -0.880. The van der Waals surface area contributed by atoms with E-state index < -0.39 is 5.60 Å². The fourth-order valence-electron chi connectivity index (χ4n) is 1.76. The minimum absolute atomic E-state index is 0.193. The lowest BCUT2D eigenvalue weighted by molar-refractivity contribution is 0.0503. The van der Waals surface area contributed by atoms with Gasteiger partial charge in [0.2, 0.25) is 0 Å². The van der Waals surface area contributed by atoms with E-state index >= 15 is 0 Å². The monoisotopic (exact) mass is 301 g/mol. The first kappa shape index (κ1) is 12.6. The third kappa shape index (κ3) is 2.69. The zero-order valence-electron chi connectivity index (χ0n) is 9.90. The Kier molecular flexibility index (Phi) is 3.27. The van der Waals surface area contributed by atoms with Crippen molar-refractivity contribution >= 4 is 21.6 Å². The standard InChI is InChI=1S/C11H16BrN3O2/c1-11(17,7-3-4-7)6-13-8-5-14-15(2)10(16)9(8)12/h5,7,13,17H,3-4,6H2,1-2H3/t11-/m1/s1. The number of aromatic nitrogens is 2. The lowest BCUT2D eigenvalue weighted by atomic mass is 10.0. The quantitative estimate of drug-likeness (QED) is 0.874. The van der Waals surface area contributed by atoms with Gasteiger partial charge in [-0.15, -0.1) is 0 Å². The SMILES string of the molecule is Cn1ncc(NC[C@@](C)(O)C2CC2)c(Br)c1=O. The Balaban J connectivity index is 2.09. The molecule has 0 saturated heterocycles. The molecule has 1 aliphatic carbocycles. The van der Waals surface area contributed by atoms with E-state index in [1.165, 1.54) is 4.68 Å². The van der Waals surface area contributed by atoms with Crippen molar-refractivity contribution in [1.29, 1.82) is 0 Å². The first-order valence-corrected chi connectivity index (χ1v) is 6.39. The van der Waals surface area contributed by atoms with Gasteiger partial charge in [0.25, 0.3) is 5.56 Å². The normalized spacial score (nSPS) is 18.8. The summed E-state index contributed by atoms with van der Waals surface area (Å²) in [5.41, 5.74) is -0.296. The summed E-state index contributed by atoms with van der Waals surface area (Å²) < 4.78 is 1.70. The predicted octanol–water partition coefficient (Wildman–Crippen LogP) is 1.12. The second kappa shape index (κ2) is 4.42. The molecular weight excluding hydrogens is 286 g/mol. The van der Waals surface area contributed by atoms with E-state index in [0.29, 0.717) is 22.6 Å². The van der Waals surface area contributed by atoms with Gasteiger partial charge in [-0.2, -0.15) is 5.10 Å². The zero-order chi connectivity index (χ0) is 12.6. The number of hydrogen-bond acceptors (Lipinski definition) is 4. The molecule has 5 nitrogen and oxygen atoms in total. The Labute approximate surface area is 108 Å². The summed E-state index contributed by atoms with van der Waals surface area (Å²) in [5.74, 6) is 0.369. The van der Waals surface area contributed by atoms with Gasteiger partial charge in [0.1, 0.15) is 4.47 Å². The van der Waals surface area contributed by atoms with Crippen LogP contribution in [0.5, 0.6) is 0 Å². The maximum absolute atomic E-state index is 11.6. The topological polar surface area (TPSA) is 67.2 Å². The van der Waals surface area contributed by atoms with Gasteiger partial charge < -0.3 is 10.4 Å². The molecule has 1 fully saturated rings. The molecule has 1 heterocycles. The number of nitrogens with zero attached hydrogens (tertiary/aromatic N) is 2. The van der Waals surface area contributed by atoms with E-state index in [4.69, 9.17) is 0 Å². The molecule has 0 radical (unpaired) electrons. The number of halogens is 1. The van der Waals surface area contributed by atoms with Crippen LogP contribution >= 0.6 is 15.9 Å². The number of nitrogens with one attached hydrogen (secondary N) is 1. The number of hydrogen-bond donors (Lipinski definition) is 2. The minimum Gasteiger partial charge on any atom is -0.388 e. The van der Waals surface area contributed by atoms with E-state index in [1.807, 2.05) is 6.92 Å². The molecule has 0 unspecified atom stereocenters. The molecule has 0 amide bonds. The Bertz CT molecular complexity index is 480. The minimum atomic E-state index is -0.722. The van der Waals surface area contributed by atoms with E-state index in [1.54, 1.807) is 13.2 Å². The molecular formula is C11H16BrN3O2. The highest BCUT2D eigenvalue weighted by atomic mass is 79.9. The van der Waals surface area contributed by atoms with Gasteiger partial charge in [0.15, 0.2) is 0 Å². The first-order valence-electron chi connectivity index (χ1n) is 5.60. The highest BCUT2D eigenvalue weighted by Gasteiger charge is 2.39. The molecule has 2 rings (SSSR count). The maximum Gasteiger partial charge on any atom is 0.282 e. The highest BCUT2D eigenvalue weighted by Crippen LogP contribution is 2.39. The van der Waals surface area contributed by atoms with Crippen molar-refractivity contribution < 1.29 is 5.11 Å². The van der Waals surface area contributed by atoms with Gasteiger partial charge in [0, 0.05) is 13.6 Å². The molecule has 94 valence electrons. The number of anilines is 1. The Morgan fingerprint density at radius 3 is 2.94 bits per heavy atom. The Morgan fingerprint density at radius 1 is 1.71 bits per heavy atom. The van der Waals surface area contributed by atoms with Crippen LogP contribution in [0.15, 0.2) is 15.5 Å². The van der Waals surface area contributed by atoms with Crippen LogP contribution in [0.2, 0.25) is 0 Å². The first-order chi connectivity index (χ1) is 7.92. The summed E-state index contributed by atoms with van der Waals surface area (Å²) in [5, 5.41) is 17.1. The van der Waals surface area contributed by atoms with E-state index in [9.17, 15) is 9.90 Å². The number of aliphatic hydroxyl groups is 1. The molecule has 2 N–H and O–H groups in total. The smallest absolute Gasteiger partial charge is 0.282 e. The molecule has 0 spiro atoms. The van der Waals surface area contributed by atoms with Crippen molar-refractivity contribution in [2.45, 2.75) is 25.4 Å². The van der Waals surface area contributed by atoms with Crippen LogP contribution in [0.4, 0.5) is 5.69 Å². The molecule has 6 heteroatoms. The van der Waals surface area contributed by atoms with Crippen molar-refractivity contribution in [3.05, 3.63) is 21.0 Å². The molecule has 0 bridgehead atoms. The van der Waals surface area contributed by atoms with Crippen molar-refractivity contribution in [3.8, 4) is 0 Å². The maximum atomic E-state index is 11.6. The average molecular weight is 302 g/mol. The molecule has 0 aromatic carbocycles. The lowest BCUT2D eigenvalue weighted by Gasteiger charge is -2.24.